The summed E-state index contributed by atoms with van der Waals surface area (Å²) in [5.74, 6) is 3.62. The molecule has 1 aliphatic carbocycles. The average Bonchev–Trinajstić information content (AvgIpc) is 3.42. The topological polar surface area (TPSA) is 102 Å². The van der Waals surface area contributed by atoms with Gasteiger partial charge < -0.3 is 29.4 Å². The van der Waals surface area contributed by atoms with E-state index in [4.69, 9.17) is 14.2 Å². The summed E-state index contributed by atoms with van der Waals surface area (Å²) < 4.78 is 17.6. The zero-order chi connectivity index (χ0) is 25.4. The highest BCUT2D eigenvalue weighted by Crippen LogP contribution is 2.48. The van der Waals surface area contributed by atoms with E-state index in [1.165, 1.54) is 19.2 Å². The Hall–Kier alpha value is -3.33. The third-order valence-corrected chi connectivity index (χ3v) is 7.50. The minimum absolute atomic E-state index is 0.122. The Labute approximate surface area is 216 Å². The molecule has 1 saturated carbocycles. The van der Waals surface area contributed by atoms with Gasteiger partial charge in [0.25, 0.3) is 5.91 Å². The molecule has 2 aromatic heterocycles. The maximum atomic E-state index is 13.2. The number of piperidine rings is 1. The van der Waals surface area contributed by atoms with E-state index in [1.54, 1.807) is 6.20 Å². The van der Waals surface area contributed by atoms with Crippen LogP contribution in [0.2, 0.25) is 0 Å². The van der Waals surface area contributed by atoms with Gasteiger partial charge >= 0.3 is 0 Å². The van der Waals surface area contributed by atoms with Crippen molar-refractivity contribution in [2.24, 2.45) is 17.8 Å². The Morgan fingerprint density at radius 3 is 2.78 bits per heavy atom. The van der Waals surface area contributed by atoms with Crippen molar-refractivity contribution in [1.29, 1.82) is 0 Å². The number of nitrogens with one attached hydrogen (secondary N) is 2. The highest BCUT2D eigenvalue weighted by Gasteiger charge is 2.29. The minimum Gasteiger partial charge on any atom is -0.492 e. The second kappa shape index (κ2) is 10.2. The van der Waals surface area contributed by atoms with E-state index < -0.39 is 0 Å². The summed E-state index contributed by atoms with van der Waals surface area (Å²) in [7, 11) is 0. The molecular formula is C28H35N5O4. The number of amides is 1. The van der Waals surface area contributed by atoms with Crippen LogP contribution in [0.25, 0.3) is 22.3 Å². The van der Waals surface area contributed by atoms with Crippen molar-refractivity contribution < 1.29 is 19.0 Å². The summed E-state index contributed by atoms with van der Waals surface area (Å²) >= 11 is 0. The lowest BCUT2D eigenvalue weighted by Gasteiger charge is -2.33. The SMILES string of the molecule is CC(C)CN1CCC(CNC(=O)c2c[nH]c3c(-c4c(OCC5CC5)ccc5c4OCO5)ncnc23)CC1. The summed E-state index contributed by atoms with van der Waals surface area (Å²) in [6.45, 7) is 9.35. The Kier molecular flexibility index (Phi) is 6.63. The van der Waals surface area contributed by atoms with Crippen molar-refractivity contribution in [1.82, 2.24) is 25.2 Å². The molecular weight excluding hydrogens is 470 g/mol. The third-order valence-electron chi connectivity index (χ3n) is 7.50. The summed E-state index contributed by atoms with van der Waals surface area (Å²) in [5.41, 5.74) is 3.13. The number of likely N-dealkylation sites (tertiary alicyclic amines) is 1. The number of carbonyl (C=O) groups is 1. The summed E-state index contributed by atoms with van der Waals surface area (Å²) in [4.78, 5) is 28.0. The molecule has 3 aromatic rings. The molecule has 6 rings (SSSR count). The largest absolute Gasteiger partial charge is 0.492 e. The van der Waals surface area contributed by atoms with Gasteiger partial charge in [0.1, 0.15) is 23.3 Å². The average molecular weight is 506 g/mol. The Morgan fingerprint density at radius 2 is 2.00 bits per heavy atom. The van der Waals surface area contributed by atoms with Crippen molar-refractivity contribution in [2.75, 3.05) is 39.6 Å². The van der Waals surface area contributed by atoms with Crippen LogP contribution >= 0.6 is 0 Å². The van der Waals surface area contributed by atoms with Gasteiger partial charge in [-0.05, 0) is 68.7 Å². The third kappa shape index (κ3) is 5.09. The highest BCUT2D eigenvalue weighted by atomic mass is 16.7. The van der Waals surface area contributed by atoms with Gasteiger partial charge in [0.05, 0.1) is 23.3 Å². The predicted molar refractivity (Wildman–Crippen MR) is 140 cm³/mol. The Bertz CT molecular complexity index is 1280. The zero-order valence-electron chi connectivity index (χ0n) is 21.6. The lowest BCUT2D eigenvalue weighted by molar-refractivity contribution is 0.0936. The van der Waals surface area contributed by atoms with E-state index >= 15 is 0 Å². The molecule has 4 heterocycles. The number of carbonyl (C=O) groups excluding carboxylic acids is 1. The number of hydrogen-bond acceptors (Lipinski definition) is 7. The highest BCUT2D eigenvalue weighted by molar-refractivity contribution is 6.08. The van der Waals surface area contributed by atoms with Gasteiger partial charge in [0, 0.05) is 19.3 Å². The van der Waals surface area contributed by atoms with Gasteiger partial charge in [-0.2, -0.15) is 0 Å². The molecule has 1 amide bonds. The predicted octanol–water partition coefficient (Wildman–Crippen LogP) is 4.24. The monoisotopic (exact) mass is 505 g/mol. The van der Waals surface area contributed by atoms with E-state index in [0.717, 1.165) is 38.0 Å². The molecule has 3 aliphatic rings. The van der Waals surface area contributed by atoms with E-state index in [9.17, 15) is 4.79 Å². The van der Waals surface area contributed by atoms with Crippen molar-refractivity contribution in [3.8, 4) is 28.5 Å². The van der Waals surface area contributed by atoms with E-state index in [-0.39, 0.29) is 12.7 Å². The molecule has 9 nitrogen and oxygen atoms in total. The quantitative estimate of drug-likeness (QED) is 0.449. The first-order valence-corrected chi connectivity index (χ1v) is 13.4. The number of ether oxygens (including phenoxy) is 3. The van der Waals surface area contributed by atoms with Crippen LogP contribution in [0.5, 0.6) is 17.2 Å². The van der Waals surface area contributed by atoms with Crippen LogP contribution in [0.3, 0.4) is 0 Å². The van der Waals surface area contributed by atoms with E-state index in [1.807, 2.05) is 12.1 Å². The Morgan fingerprint density at radius 1 is 1.16 bits per heavy atom. The van der Waals surface area contributed by atoms with Crippen molar-refractivity contribution in [2.45, 2.75) is 39.5 Å². The van der Waals surface area contributed by atoms with Crippen LogP contribution in [-0.2, 0) is 0 Å². The summed E-state index contributed by atoms with van der Waals surface area (Å²) in [6.07, 6.45) is 7.82. The lowest BCUT2D eigenvalue weighted by Crippen LogP contribution is -2.40. The fourth-order valence-corrected chi connectivity index (χ4v) is 5.31. The zero-order valence-corrected chi connectivity index (χ0v) is 21.6. The van der Waals surface area contributed by atoms with Crippen molar-refractivity contribution in [3.63, 3.8) is 0 Å². The Balaban J connectivity index is 1.21. The molecule has 2 fully saturated rings. The van der Waals surface area contributed by atoms with Gasteiger partial charge in [-0.15, -0.1) is 0 Å². The molecule has 0 unspecified atom stereocenters. The summed E-state index contributed by atoms with van der Waals surface area (Å²) in [5, 5.41) is 3.15. The number of rotatable bonds is 9. The van der Waals surface area contributed by atoms with Crippen LogP contribution in [-0.4, -0.2) is 65.3 Å². The number of hydrogen-bond donors (Lipinski definition) is 2. The molecule has 0 bridgehead atoms. The van der Waals surface area contributed by atoms with E-state index in [2.05, 4.69) is 39.0 Å². The smallest absolute Gasteiger partial charge is 0.255 e. The first-order valence-electron chi connectivity index (χ1n) is 13.4. The van der Waals surface area contributed by atoms with Crippen molar-refractivity contribution >= 4 is 16.9 Å². The molecule has 37 heavy (non-hydrogen) atoms. The van der Waals surface area contributed by atoms with Crippen LogP contribution in [0.4, 0.5) is 0 Å². The fraction of sp³-hybridized carbons (Fsp3) is 0.536. The van der Waals surface area contributed by atoms with Crippen LogP contribution in [0.1, 0.15) is 49.9 Å². The standard InChI is InChI=1S/C28H35N5O4/c1-17(2)13-33-9-7-18(8-10-33)11-30-28(34)20-12-29-26-24(20)31-15-32-25(26)23-21(35-14-19-3-4-19)5-6-22-27(23)37-16-36-22/h5-6,12,15,17-19,29H,3-4,7-11,13-14,16H2,1-2H3,(H,30,34). The van der Waals surface area contributed by atoms with Crippen LogP contribution in [0.15, 0.2) is 24.7 Å². The normalized spacial score (nSPS) is 18.0. The minimum atomic E-state index is -0.122. The maximum Gasteiger partial charge on any atom is 0.255 e. The maximum absolute atomic E-state index is 13.2. The first-order chi connectivity index (χ1) is 18.1. The van der Waals surface area contributed by atoms with Gasteiger partial charge in [0.15, 0.2) is 11.5 Å². The van der Waals surface area contributed by atoms with E-state index in [0.29, 0.717) is 70.4 Å². The molecule has 196 valence electrons. The molecule has 0 spiro atoms. The fourth-order valence-electron chi connectivity index (χ4n) is 5.31. The van der Waals surface area contributed by atoms with Gasteiger partial charge in [-0.25, -0.2) is 9.97 Å². The molecule has 1 saturated heterocycles. The molecule has 1 aromatic carbocycles. The molecule has 2 aliphatic heterocycles. The number of H-pyrrole nitrogens is 1. The molecule has 9 heteroatoms. The van der Waals surface area contributed by atoms with Gasteiger partial charge in [0.2, 0.25) is 6.79 Å². The van der Waals surface area contributed by atoms with Gasteiger partial charge in [-0.1, -0.05) is 13.8 Å². The number of fused-ring (bicyclic) bond motifs is 2. The number of aromatic nitrogens is 3. The lowest BCUT2D eigenvalue weighted by atomic mass is 9.96. The van der Waals surface area contributed by atoms with Gasteiger partial charge in [-0.3, -0.25) is 4.79 Å². The molecule has 2 N–H and O–H groups in total. The van der Waals surface area contributed by atoms with Crippen LogP contribution in [0, 0.1) is 17.8 Å². The second-order valence-corrected chi connectivity index (χ2v) is 10.9. The van der Waals surface area contributed by atoms with Crippen LogP contribution < -0.4 is 19.5 Å². The number of benzene rings is 1. The van der Waals surface area contributed by atoms with Crippen molar-refractivity contribution in [3.05, 3.63) is 30.2 Å². The number of aromatic amines is 1. The molecule has 0 atom stereocenters. The summed E-state index contributed by atoms with van der Waals surface area (Å²) in [6, 6.07) is 3.77. The molecule has 0 radical (unpaired) electrons. The first kappa shape index (κ1) is 24.0. The second-order valence-electron chi connectivity index (χ2n) is 10.9. The number of nitrogens with zero attached hydrogens (tertiary/aromatic N) is 3.